The Bertz CT molecular complexity index is 421. The molecule has 1 rings (SSSR count). The lowest BCUT2D eigenvalue weighted by Gasteiger charge is -2.22. The second-order valence-electron chi connectivity index (χ2n) is 4.81. The topological polar surface area (TPSA) is 58.6 Å². The molecule has 0 radical (unpaired) electrons. The first-order valence-corrected chi connectivity index (χ1v) is 7.50. The number of aliphatic hydroxyl groups is 1. The van der Waals surface area contributed by atoms with E-state index in [1.807, 2.05) is 37.4 Å². The Morgan fingerprint density at radius 1 is 1.53 bits per heavy atom. The molecule has 0 aliphatic heterocycles. The number of benzene rings is 1. The van der Waals surface area contributed by atoms with Gasteiger partial charge in [0.05, 0.1) is 5.60 Å². The summed E-state index contributed by atoms with van der Waals surface area (Å²) in [5, 5.41) is 12.6. The smallest absolute Gasteiger partial charge is 0.258 e. The van der Waals surface area contributed by atoms with Crippen molar-refractivity contribution in [1.29, 1.82) is 0 Å². The van der Waals surface area contributed by atoms with Crippen LogP contribution in [0.4, 0.5) is 0 Å². The minimum Gasteiger partial charge on any atom is -0.484 e. The predicted octanol–water partition coefficient (Wildman–Crippen LogP) is 1.60. The Labute approximate surface area is 118 Å². The summed E-state index contributed by atoms with van der Waals surface area (Å²) in [6.07, 6.45) is 1.91. The summed E-state index contributed by atoms with van der Waals surface area (Å²) < 4.78 is 5.37. The molecule has 1 atom stereocenters. The van der Waals surface area contributed by atoms with Gasteiger partial charge in [-0.2, -0.15) is 11.8 Å². The fraction of sp³-hybridized carbons (Fsp3) is 0.500. The largest absolute Gasteiger partial charge is 0.484 e. The Balaban J connectivity index is 2.32. The molecule has 0 spiro atoms. The lowest BCUT2D eigenvalue weighted by Crippen LogP contribution is -2.43. The van der Waals surface area contributed by atoms with E-state index < -0.39 is 5.60 Å². The highest BCUT2D eigenvalue weighted by molar-refractivity contribution is 7.98. The molecule has 1 amide bonds. The Hall–Kier alpha value is -1.20. The molecule has 5 heteroatoms. The van der Waals surface area contributed by atoms with E-state index in [1.54, 1.807) is 6.92 Å². The summed E-state index contributed by atoms with van der Waals surface area (Å²) in [7, 11) is 0. The quantitative estimate of drug-likeness (QED) is 0.798. The third kappa shape index (κ3) is 6.50. The van der Waals surface area contributed by atoms with Gasteiger partial charge in [-0.25, -0.2) is 0 Å². The fourth-order valence-corrected chi connectivity index (χ4v) is 2.28. The predicted molar refractivity (Wildman–Crippen MR) is 78.7 cm³/mol. The molecule has 0 aliphatic carbocycles. The van der Waals surface area contributed by atoms with Crippen LogP contribution >= 0.6 is 11.8 Å². The summed E-state index contributed by atoms with van der Waals surface area (Å²) in [5.41, 5.74) is 0.194. The normalized spacial score (nSPS) is 13.7. The number of rotatable bonds is 7. The van der Waals surface area contributed by atoms with E-state index in [0.29, 0.717) is 11.5 Å². The van der Waals surface area contributed by atoms with Crippen LogP contribution in [0.15, 0.2) is 24.3 Å². The molecule has 0 heterocycles. The number of hydrogen-bond acceptors (Lipinski definition) is 4. The van der Waals surface area contributed by atoms with E-state index in [4.69, 9.17) is 4.74 Å². The van der Waals surface area contributed by atoms with Gasteiger partial charge in [-0.05, 0) is 37.8 Å². The summed E-state index contributed by atoms with van der Waals surface area (Å²) in [4.78, 5) is 11.6. The van der Waals surface area contributed by atoms with Gasteiger partial charge in [-0.1, -0.05) is 12.1 Å². The summed E-state index contributed by atoms with van der Waals surface area (Å²) in [6.45, 7) is 3.85. The number of amides is 1. The van der Waals surface area contributed by atoms with Crippen LogP contribution in [0, 0.1) is 6.92 Å². The number of ether oxygens (including phenoxy) is 1. The zero-order chi connectivity index (χ0) is 14.3. The van der Waals surface area contributed by atoms with Crippen molar-refractivity contribution in [2.45, 2.75) is 19.4 Å². The highest BCUT2D eigenvalue weighted by Gasteiger charge is 2.20. The maximum atomic E-state index is 11.6. The van der Waals surface area contributed by atoms with Crippen molar-refractivity contribution in [2.24, 2.45) is 0 Å². The molecule has 0 saturated carbocycles. The van der Waals surface area contributed by atoms with Gasteiger partial charge in [0.1, 0.15) is 5.75 Å². The first-order chi connectivity index (χ1) is 8.93. The Morgan fingerprint density at radius 2 is 2.26 bits per heavy atom. The van der Waals surface area contributed by atoms with E-state index in [-0.39, 0.29) is 19.1 Å². The van der Waals surface area contributed by atoms with Gasteiger partial charge in [0.25, 0.3) is 5.91 Å². The van der Waals surface area contributed by atoms with Crippen LogP contribution in [-0.4, -0.2) is 41.8 Å². The molecule has 0 bridgehead atoms. The lowest BCUT2D eigenvalue weighted by atomic mass is 10.1. The van der Waals surface area contributed by atoms with Crippen LogP contribution in [-0.2, 0) is 4.79 Å². The summed E-state index contributed by atoms with van der Waals surface area (Å²) >= 11 is 1.54. The number of carbonyl (C=O) groups is 1. The van der Waals surface area contributed by atoms with Gasteiger partial charge in [0.15, 0.2) is 6.61 Å². The van der Waals surface area contributed by atoms with Crippen molar-refractivity contribution >= 4 is 17.7 Å². The van der Waals surface area contributed by atoms with E-state index in [0.717, 1.165) is 5.56 Å². The highest BCUT2D eigenvalue weighted by Crippen LogP contribution is 2.12. The monoisotopic (exact) mass is 283 g/mol. The molecule has 0 fully saturated rings. The van der Waals surface area contributed by atoms with E-state index in [9.17, 15) is 9.90 Å². The highest BCUT2D eigenvalue weighted by atomic mass is 32.2. The first-order valence-electron chi connectivity index (χ1n) is 6.10. The van der Waals surface area contributed by atoms with Gasteiger partial charge in [-0.15, -0.1) is 0 Å². The summed E-state index contributed by atoms with van der Waals surface area (Å²) in [6, 6.07) is 7.53. The molecule has 2 N–H and O–H groups in total. The first kappa shape index (κ1) is 15.9. The molecular weight excluding hydrogens is 262 g/mol. The van der Waals surface area contributed by atoms with Crippen LogP contribution in [0.3, 0.4) is 0 Å². The van der Waals surface area contributed by atoms with Crippen LogP contribution in [0.1, 0.15) is 12.5 Å². The third-order valence-electron chi connectivity index (χ3n) is 2.48. The van der Waals surface area contributed by atoms with Crippen LogP contribution in [0.2, 0.25) is 0 Å². The molecule has 106 valence electrons. The maximum absolute atomic E-state index is 11.6. The number of carbonyl (C=O) groups excluding carboxylic acids is 1. The molecule has 0 saturated heterocycles. The zero-order valence-corrected chi connectivity index (χ0v) is 12.4. The second-order valence-corrected chi connectivity index (χ2v) is 5.68. The molecular formula is C14H21NO3S. The van der Waals surface area contributed by atoms with Crippen molar-refractivity contribution in [3.63, 3.8) is 0 Å². The molecule has 0 aliphatic rings. The zero-order valence-electron chi connectivity index (χ0n) is 11.6. The van der Waals surface area contributed by atoms with E-state index >= 15 is 0 Å². The molecule has 1 aromatic carbocycles. The van der Waals surface area contributed by atoms with Gasteiger partial charge in [0.2, 0.25) is 0 Å². The average molecular weight is 283 g/mol. The van der Waals surface area contributed by atoms with Crippen LogP contribution < -0.4 is 10.1 Å². The van der Waals surface area contributed by atoms with E-state index in [2.05, 4.69) is 5.32 Å². The fourth-order valence-electron chi connectivity index (χ4n) is 1.56. The molecule has 19 heavy (non-hydrogen) atoms. The van der Waals surface area contributed by atoms with Crippen molar-refractivity contribution in [3.05, 3.63) is 29.8 Å². The third-order valence-corrected chi connectivity index (χ3v) is 3.39. The van der Waals surface area contributed by atoms with E-state index in [1.165, 1.54) is 11.8 Å². The van der Waals surface area contributed by atoms with Gasteiger partial charge in [0, 0.05) is 12.3 Å². The molecule has 4 nitrogen and oxygen atoms in total. The number of thioether (sulfide) groups is 1. The van der Waals surface area contributed by atoms with Crippen molar-refractivity contribution < 1.29 is 14.6 Å². The average Bonchev–Trinajstić information content (AvgIpc) is 2.34. The standard InChI is InChI=1S/C14H21NO3S/c1-11-5-4-6-12(7-11)18-8-13(16)15-9-14(2,17)10-19-3/h4-7,17H,8-10H2,1-3H3,(H,15,16)/t14-/m1/s1. The van der Waals surface area contributed by atoms with Gasteiger partial charge < -0.3 is 15.2 Å². The number of hydrogen-bond donors (Lipinski definition) is 2. The Kier molecular flexibility index (Phi) is 6.18. The summed E-state index contributed by atoms with van der Waals surface area (Å²) in [5.74, 6) is 1.01. The minimum atomic E-state index is -0.890. The Morgan fingerprint density at radius 3 is 2.89 bits per heavy atom. The van der Waals surface area contributed by atoms with Crippen LogP contribution in [0.5, 0.6) is 5.75 Å². The van der Waals surface area contributed by atoms with Gasteiger partial charge >= 0.3 is 0 Å². The SMILES string of the molecule is CSC[C@](C)(O)CNC(=O)COc1cccc(C)c1. The molecule has 0 unspecified atom stereocenters. The van der Waals surface area contributed by atoms with Crippen molar-refractivity contribution in [2.75, 3.05) is 25.2 Å². The number of nitrogens with one attached hydrogen (secondary N) is 1. The molecule has 1 aromatic rings. The lowest BCUT2D eigenvalue weighted by molar-refractivity contribution is -0.124. The van der Waals surface area contributed by atoms with Crippen LogP contribution in [0.25, 0.3) is 0 Å². The van der Waals surface area contributed by atoms with Crippen molar-refractivity contribution in [1.82, 2.24) is 5.32 Å². The number of aryl methyl sites for hydroxylation is 1. The van der Waals surface area contributed by atoms with Gasteiger partial charge in [-0.3, -0.25) is 4.79 Å². The van der Waals surface area contributed by atoms with Crippen molar-refractivity contribution in [3.8, 4) is 5.75 Å². The minimum absolute atomic E-state index is 0.0429. The molecule has 0 aromatic heterocycles. The second kappa shape index (κ2) is 7.40. The maximum Gasteiger partial charge on any atom is 0.258 e.